The Labute approximate surface area is 280 Å². The van der Waals surface area contributed by atoms with E-state index in [0.717, 1.165) is 50.4 Å². The van der Waals surface area contributed by atoms with Crippen LogP contribution >= 0.6 is 0 Å². The van der Waals surface area contributed by atoms with Gasteiger partial charge in [0.25, 0.3) is 0 Å². The molecule has 0 amide bonds. The zero-order valence-electron chi connectivity index (χ0n) is 27.0. The van der Waals surface area contributed by atoms with Crippen LogP contribution in [0.2, 0.25) is 0 Å². The molecule has 0 saturated heterocycles. The Morgan fingerprint density at radius 3 is 1.67 bits per heavy atom. The lowest BCUT2D eigenvalue weighted by molar-refractivity contribution is 0.661. The molecular formula is C45H34N2O. The number of benzene rings is 7. The minimum Gasteiger partial charge on any atom is -0.456 e. The number of furan rings is 1. The first-order chi connectivity index (χ1) is 23.6. The van der Waals surface area contributed by atoms with Crippen LogP contribution in [0.3, 0.4) is 0 Å². The number of hydrogen-bond donors (Lipinski definition) is 0. The van der Waals surface area contributed by atoms with E-state index in [1.165, 1.54) is 27.9 Å². The van der Waals surface area contributed by atoms with Crippen LogP contribution in [-0.2, 0) is 5.41 Å². The van der Waals surface area contributed by atoms with Crippen LogP contribution in [0.25, 0.3) is 33.1 Å². The van der Waals surface area contributed by atoms with Crippen molar-refractivity contribution in [3.05, 3.63) is 181 Å². The Bertz CT molecular complexity index is 2390. The highest BCUT2D eigenvalue weighted by Crippen LogP contribution is 2.55. The summed E-state index contributed by atoms with van der Waals surface area (Å²) >= 11 is 0. The molecular weight excluding hydrogens is 585 g/mol. The third-order valence-electron chi connectivity index (χ3n) is 9.79. The second-order valence-electron chi connectivity index (χ2n) is 13.0. The van der Waals surface area contributed by atoms with Gasteiger partial charge in [0.15, 0.2) is 0 Å². The van der Waals surface area contributed by atoms with E-state index in [2.05, 4.69) is 181 Å². The summed E-state index contributed by atoms with van der Waals surface area (Å²) in [5.41, 5.74) is 13.6. The number of nitrogens with zero attached hydrogens (tertiary/aromatic N) is 2. The summed E-state index contributed by atoms with van der Waals surface area (Å²) in [6.07, 6.45) is 0. The summed E-state index contributed by atoms with van der Waals surface area (Å²) < 4.78 is 6.19. The quantitative estimate of drug-likeness (QED) is 0.185. The molecule has 0 atom stereocenters. The van der Waals surface area contributed by atoms with Crippen molar-refractivity contribution in [1.82, 2.24) is 0 Å². The molecule has 1 aromatic heterocycles. The van der Waals surface area contributed by atoms with Crippen LogP contribution < -0.4 is 9.80 Å². The van der Waals surface area contributed by atoms with Crippen molar-refractivity contribution in [2.75, 3.05) is 9.80 Å². The number of hydrogen-bond acceptors (Lipinski definition) is 3. The molecule has 0 radical (unpaired) electrons. The maximum atomic E-state index is 6.19. The highest BCUT2D eigenvalue weighted by atomic mass is 16.3. The molecule has 8 aromatic rings. The average Bonchev–Trinajstić information content (AvgIpc) is 3.62. The maximum absolute atomic E-state index is 6.19. The number of anilines is 6. The van der Waals surface area contributed by atoms with Gasteiger partial charge in [-0.1, -0.05) is 105 Å². The van der Waals surface area contributed by atoms with Gasteiger partial charge in [-0.15, -0.1) is 0 Å². The zero-order valence-corrected chi connectivity index (χ0v) is 27.0. The number of fused-ring (bicyclic) bond motifs is 6. The first kappa shape index (κ1) is 28.2. The molecule has 48 heavy (non-hydrogen) atoms. The molecule has 1 heterocycles. The van der Waals surface area contributed by atoms with E-state index in [4.69, 9.17) is 4.42 Å². The van der Waals surface area contributed by atoms with Crippen molar-refractivity contribution >= 4 is 56.1 Å². The Kier molecular flexibility index (Phi) is 6.48. The number of rotatable bonds is 6. The van der Waals surface area contributed by atoms with Gasteiger partial charge in [0.1, 0.15) is 11.2 Å². The Morgan fingerprint density at radius 1 is 0.417 bits per heavy atom. The fraction of sp³-hybridized carbons (Fsp3) is 0.0667. The van der Waals surface area contributed by atoms with Crippen molar-refractivity contribution in [2.24, 2.45) is 0 Å². The number of para-hydroxylation sites is 4. The van der Waals surface area contributed by atoms with Gasteiger partial charge in [0, 0.05) is 44.6 Å². The van der Waals surface area contributed by atoms with Gasteiger partial charge >= 0.3 is 0 Å². The van der Waals surface area contributed by atoms with Crippen LogP contribution in [0, 0.1) is 0 Å². The molecule has 0 unspecified atom stereocenters. The zero-order chi connectivity index (χ0) is 32.2. The first-order valence-electron chi connectivity index (χ1n) is 16.5. The summed E-state index contributed by atoms with van der Waals surface area (Å²) in [4.78, 5) is 4.75. The SMILES string of the molecule is CC1(C)c2ccc(N(c3ccccc3)c3ccc4oc5ccccc5c4c3)cc2-c2cccc(N(c3ccccc3)c3ccccc3)c21. The highest BCUT2D eigenvalue weighted by molar-refractivity contribution is 6.06. The van der Waals surface area contributed by atoms with E-state index in [1.54, 1.807) is 0 Å². The van der Waals surface area contributed by atoms with Crippen molar-refractivity contribution in [1.29, 1.82) is 0 Å². The van der Waals surface area contributed by atoms with Crippen LogP contribution in [-0.4, -0.2) is 0 Å². The van der Waals surface area contributed by atoms with Crippen LogP contribution in [0.15, 0.2) is 174 Å². The first-order valence-corrected chi connectivity index (χ1v) is 16.5. The van der Waals surface area contributed by atoms with Crippen molar-refractivity contribution in [2.45, 2.75) is 19.3 Å². The topological polar surface area (TPSA) is 19.6 Å². The molecule has 0 bridgehead atoms. The lowest BCUT2D eigenvalue weighted by Crippen LogP contribution is -2.20. The average molecular weight is 619 g/mol. The highest BCUT2D eigenvalue weighted by Gasteiger charge is 2.39. The Morgan fingerprint density at radius 2 is 0.979 bits per heavy atom. The minimum atomic E-state index is -0.214. The van der Waals surface area contributed by atoms with Gasteiger partial charge in [-0.2, -0.15) is 0 Å². The monoisotopic (exact) mass is 618 g/mol. The molecule has 0 fully saturated rings. The van der Waals surface area contributed by atoms with Gasteiger partial charge in [0.2, 0.25) is 0 Å². The summed E-state index contributed by atoms with van der Waals surface area (Å²) in [5.74, 6) is 0. The molecule has 9 rings (SSSR count). The van der Waals surface area contributed by atoms with E-state index >= 15 is 0 Å². The van der Waals surface area contributed by atoms with Gasteiger partial charge in [-0.3, -0.25) is 0 Å². The lowest BCUT2D eigenvalue weighted by atomic mass is 9.81. The fourth-order valence-electron chi connectivity index (χ4n) is 7.64. The van der Waals surface area contributed by atoms with E-state index in [0.29, 0.717) is 0 Å². The smallest absolute Gasteiger partial charge is 0.135 e. The molecule has 230 valence electrons. The molecule has 0 aliphatic heterocycles. The predicted octanol–water partition coefficient (Wildman–Crippen LogP) is 12.8. The van der Waals surface area contributed by atoms with Gasteiger partial charge < -0.3 is 14.2 Å². The second kappa shape index (κ2) is 11.0. The summed E-state index contributed by atoms with van der Waals surface area (Å²) in [7, 11) is 0. The normalized spacial score (nSPS) is 13.0. The molecule has 0 spiro atoms. The van der Waals surface area contributed by atoms with E-state index in [9.17, 15) is 0 Å². The van der Waals surface area contributed by atoms with E-state index in [-0.39, 0.29) is 5.41 Å². The predicted molar refractivity (Wildman–Crippen MR) is 201 cm³/mol. The molecule has 1 aliphatic carbocycles. The lowest BCUT2D eigenvalue weighted by Gasteiger charge is -2.32. The van der Waals surface area contributed by atoms with E-state index in [1.807, 2.05) is 12.1 Å². The van der Waals surface area contributed by atoms with Crippen molar-refractivity contribution < 1.29 is 4.42 Å². The van der Waals surface area contributed by atoms with Crippen molar-refractivity contribution in [3.8, 4) is 11.1 Å². The Hall–Kier alpha value is -6.06. The van der Waals surface area contributed by atoms with Crippen LogP contribution in [0.1, 0.15) is 25.0 Å². The van der Waals surface area contributed by atoms with Crippen molar-refractivity contribution in [3.63, 3.8) is 0 Å². The van der Waals surface area contributed by atoms with Crippen LogP contribution in [0.5, 0.6) is 0 Å². The maximum Gasteiger partial charge on any atom is 0.135 e. The summed E-state index contributed by atoms with van der Waals surface area (Å²) in [6.45, 7) is 4.73. The van der Waals surface area contributed by atoms with E-state index < -0.39 is 0 Å². The Balaban J connectivity index is 1.23. The fourth-order valence-corrected chi connectivity index (χ4v) is 7.64. The van der Waals surface area contributed by atoms with Gasteiger partial charge in [-0.05, 0) is 101 Å². The summed E-state index contributed by atoms with van der Waals surface area (Å²) in [6, 6.07) is 60.6. The van der Waals surface area contributed by atoms with Gasteiger partial charge in [-0.25, -0.2) is 0 Å². The van der Waals surface area contributed by atoms with Gasteiger partial charge in [0.05, 0.1) is 5.69 Å². The largest absolute Gasteiger partial charge is 0.456 e. The molecule has 0 N–H and O–H groups in total. The molecule has 3 nitrogen and oxygen atoms in total. The summed E-state index contributed by atoms with van der Waals surface area (Å²) in [5, 5.41) is 2.24. The van der Waals surface area contributed by atoms with Crippen LogP contribution in [0.4, 0.5) is 34.1 Å². The standard InChI is InChI=1S/C45H34N2O/c1-45(2)40-27-25-34(46(31-15-6-3-7-16-31)35-26-28-43-39(30-35)36-21-12-13-24-42(36)48-43)29-38(40)37-22-14-23-41(44(37)45)47(32-17-8-4-9-18-32)33-19-10-5-11-20-33/h3-30H,1-2H3. The molecule has 7 aromatic carbocycles. The molecule has 1 aliphatic rings. The third-order valence-corrected chi connectivity index (χ3v) is 9.79. The molecule has 0 saturated carbocycles. The second-order valence-corrected chi connectivity index (χ2v) is 13.0. The minimum absolute atomic E-state index is 0.214. The molecule has 3 heteroatoms. The third kappa shape index (κ3) is 4.43.